The van der Waals surface area contributed by atoms with Gasteiger partial charge in [0.15, 0.2) is 0 Å². The highest BCUT2D eigenvalue weighted by molar-refractivity contribution is 5.91. The summed E-state index contributed by atoms with van der Waals surface area (Å²) in [6.45, 7) is 10.4. The van der Waals surface area contributed by atoms with E-state index < -0.39 is 0 Å². The summed E-state index contributed by atoms with van der Waals surface area (Å²) in [4.78, 5) is 14.7. The van der Waals surface area contributed by atoms with Gasteiger partial charge in [0.2, 0.25) is 5.91 Å². The third-order valence-electron chi connectivity index (χ3n) is 4.32. The van der Waals surface area contributed by atoms with Crippen LogP contribution in [0.1, 0.15) is 26.5 Å². The molecule has 0 radical (unpaired) electrons. The Hall–Kier alpha value is -2.18. The molecule has 1 saturated heterocycles. The molecule has 1 fully saturated rings. The molecular weight excluding hydrogens is 314 g/mol. The van der Waals surface area contributed by atoms with Crippen LogP contribution in [0, 0.1) is 0 Å². The van der Waals surface area contributed by atoms with Crippen molar-refractivity contribution < 1.29 is 4.79 Å². The number of hydrogen-bond donors (Lipinski definition) is 2. The van der Waals surface area contributed by atoms with Crippen molar-refractivity contribution in [2.75, 3.05) is 38.0 Å². The first-order chi connectivity index (χ1) is 11.9. The van der Waals surface area contributed by atoms with Gasteiger partial charge in [-0.3, -0.25) is 9.69 Å². The lowest BCUT2D eigenvalue weighted by Crippen LogP contribution is -2.46. The molecule has 134 valence electrons. The number of benzene rings is 1. The smallest absolute Gasteiger partial charge is 0.239 e. The number of carbonyl (C=O) groups is 1. The number of aromatic nitrogens is 2. The SMILES string of the molecule is CC(C)(C)c1cc(NC(=O)CN2CCNCC2)n(-c2ccccc2)n1. The van der Waals surface area contributed by atoms with Gasteiger partial charge in [-0.25, -0.2) is 4.68 Å². The lowest BCUT2D eigenvalue weighted by atomic mass is 9.92. The first-order valence-electron chi connectivity index (χ1n) is 8.82. The van der Waals surface area contributed by atoms with E-state index in [1.165, 1.54) is 0 Å². The summed E-state index contributed by atoms with van der Waals surface area (Å²) in [5, 5.41) is 11.1. The summed E-state index contributed by atoms with van der Waals surface area (Å²) in [7, 11) is 0. The van der Waals surface area contributed by atoms with Gasteiger partial charge in [0, 0.05) is 37.7 Å². The Labute approximate surface area is 149 Å². The molecule has 1 aromatic heterocycles. The van der Waals surface area contributed by atoms with Crippen LogP contribution >= 0.6 is 0 Å². The van der Waals surface area contributed by atoms with Crippen molar-refractivity contribution in [1.82, 2.24) is 20.0 Å². The molecule has 0 aliphatic carbocycles. The Balaban J connectivity index is 1.81. The van der Waals surface area contributed by atoms with E-state index in [1.54, 1.807) is 0 Å². The van der Waals surface area contributed by atoms with Crippen LogP contribution in [0.15, 0.2) is 36.4 Å². The molecular formula is C19H27N5O. The average Bonchev–Trinajstić information content (AvgIpc) is 3.00. The van der Waals surface area contributed by atoms with Gasteiger partial charge in [0.25, 0.3) is 0 Å². The minimum Gasteiger partial charge on any atom is -0.314 e. The zero-order valence-electron chi connectivity index (χ0n) is 15.2. The van der Waals surface area contributed by atoms with Crippen LogP contribution in [-0.4, -0.2) is 53.3 Å². The highest BCUT2D eigenvalue weighted by Crippen LogP contribution is 2.26. The molecule has 0 saturated carbocycles. The van der Waals surface area contributed by atoms with E-state index >= 15 is 0 Å². The molecule has 6 nitrogen and oxygen atoms in total. The minimum atomic E-state index is -0.0853. The maximum atomic E-state index is 12.5. The molecule has 2 N–H and O–H groups in total. The molecule has 1 aliphatic heterocycles. The van der Waals surface area contributed by atoms with Crippen LogP contribution in [0.25, 0.3) is 5.69 Å². The average molecular weight is 341 g/mol. The maximum absolute atomic E-state index is 12.5. The van der Waals surface area contributed by atoms with Crippen molar-refractivity contribution in [2.45, 2.75) is 26.2 Å². The van der Waals surface area contributed by atoms with Gasteiger partial charge in [0.05, 0.1) is 17.9 Å². The molecule has 2 aromatic rings. The van der Waals surface area contributed by atoms with Crippen molar-refractivity contribution in [2.24, 2.45) is 0 Å². The van der Waals surface area contributed by atoms with Gasteiger partial charge >= 0.3 is 0 Å². The largest absolute Gasteiger partial charge is 0.314 e. The molecule has 0 unspecified atom stereocenters. The minimum absolute atomic E-state index is 0.000518. The molecule has 25 heavy (non-hydrogen) atoms. The molecule has 2 heterocycles. The number of anilines is 1. The van der Waals surface area contributed by atoms with Crippen molar-refractivity contribution in [1.29, 1.82) is 0 Å². The molecule has 0 atom stereocenters. The summed E-state index contributed by atoms with van der Waals surface area (Å²) < 4.78 is 1.82. The first kappa shape index (κ1) is 17.6. The predicted molar refractivity (Wildman–Crippen MR) is 100 cm³/mol. The highest BCUT2D eigenvalue weighted by atomic mass is 16.2. The van der Waals surface area contributed by atoms with Gasteiger partial charge < -0.3 is 10.6 Å². The van der Waals surface area contributed by atoms with E-state index in [1.807, 2.05) is 41.1 Å². The Morgan fingerprint density at radius 2 is 1.88 bits per heavy atom. The van der Waals surface area contributed by atoms with Crippen LogP contribution < -0.4 is 10.6 Å². The van der Waals surface area contributed by atoms with E-state index in [-0.39, 0.29) is 11.3 Å². The molecule has 1 aromatic carbocycles. The number of nitrogens with zero attached hydrogens (tertiary/aromatic N) is 3. The predicted octanol–water partition coefficient (Wildman–Crippen LogP) is 2.01. The Bertz CT molecular complexity index is 711. The fraction of sp³-hybridized carbons (Fsp3) is 0.474. The molecule has 1 amide bonds. The third-order valence-corrected chi connectivity index (χ3v) is 4.32. The standard InChI is InChI=1S/C19H27N5O/c1-19(2,3)16-13-17(24(22-16)15-7-5-4-6-8-15)21-18(25)14-23-11-9-20-10-12-23/h4-8,13,20H,9-12,14H2,1-3H3,(H,21,25). The second-order valence-corrected chi connectivity index (χ2v) is 7.49. The van der Waals surface area contributed by atoms with Crippen LogP contribution in [0.2, 0.25) is 0 Å². The number of rotatable bonds is 4. The van der Waals surface area contributed by atoms with Crippen molar-refractivity contribution >= 4 is 11.7 Å². The van der Waals surface area contributed by atoms with Crippen molar-refractivity contribution in [3.8, 4) is 5.69 Å². The van der Waals surface area contributed by atoms with Gasteiger partial charge in [-0.15, -0.1) is 0 Å². The summed E-state index contributed by atoms with van der Waals surface area (Å²) in [5.41, 5.74) is 1.81. The fourth-order valence-corrected chi connectivity index (χ4v) is 2.86. The summed E-state index contributed by atoms with van der Waals surface area (Å²) in [6.07, 6.45) is 0. The number of nitrogens with one attached hydrogen (secondary N) is 2. The number of hydrogen-bond acceptors (Lipinski definition) is 4. The van der Waals surface area contributed by atoms with Crippen LogP contribution in [0.5, 0.6) is 0 Å². The second kappa shape index (κ2) is 7.37. The second-order valence-electron chi connectivity index (χ2n) is 7.49. The molecule has 6 heteroatoms. The number of piperazine rings is 1. The van der Waals surface area contributed by atoms with Gasteiger partial charge in [-0.1, -0.05) is 39.0 Å². The van der Waals surface area contributed by atoms with Crippen LogP contribution in [0.3, 0.4) is 0 Å². The number of carbonyl (C=O) groups excluding carboxylic acids is 1. The molecule has 3 rings (SSSR count). The van der Waals surface area contributed by atoms with Crippen LogP contribution in [0.4, 0.5) is 5.82 Å². The highest BCUT2D eigenvalue weighted by Gasteiger charge is 2.22. The van der Waals surface area contributed by atoms with Crippen LogP contribution in [-0.2, 0) is 10.2 Å². The zero-order chi connectivity index (χ0) is 17.9. The summed E-state index contributed by atoms with van der Waals surface area (Å²) >= 11 is 0. The van der Waals surface area contributed by atoms with E-state index in [9.17, 15) is 4.79 Å². The molecule has 1 aliphatic rings. The first-order valence-corrected chi connectivity index (χ1v) is 8.82. The molecule has 0 spiro atoms. The fourth-order valence-electron chi connectivity index (χ4n) is 2.86. The monoisotopic (exact) mass is 341 g/mol. The van der Waals surface area contributed by atoms with E-state index in [4.69, 9.17) is 5.10 Å². The topological polar surface area (TPSA) is 62.2 Å². The van der Waals surface area contributed by atoms with Gasteiger partial charge in [-0.2, -0.15) is 5.10 Å². The zero-order valence-corrected chi connectivity index (χ0v) is 15.2. The molecule has 0 bridgehead atoms. The van der Waals surface area contributed by atoms with E-state index in [2.05, 4.69) is 36.3 Å². The Morgan fingerprint density at radius 1 is 1.20 bits per heavy atom. The summed E-state index contributed by atoms with van der Waals surface area (Å²) in [6, 6.07) is 11.9. The van der Waals surface area contributed by atoms with Gasteiger partial charge in [0.1, 0.15) is 5.82 Å². The third kappa shape index (κ3) is 4.46. The summed E-state index contributed by atoms with van der Waals surface area (Å²) in [5.74, 6) is 0.718. The lowest BCUT2D eigenvalue weighted by Gasteiger charge is -2.26. The Kier molecular flexibility index (Phi) is 5.20. The number of para-hydroxylation sites is 1. The van der Waals surface area contributed by atoms with Gasteiger partial charge in [-0.05, 0) is 12.1 Å². The lowest BCUT2D eigenvalue weighted by molar-refractivity contribution is -0.117. The normalized spacial score (nSPS) is 16.0. The number of amides is 1. The quantitative estimate of drug-likeness (QED) is 0.893. The van der Waals surface area contributed by atoms with Crippen molar-refractivity contribution in [3.63, 3.8) is 0 Å². The van der Waals surface area contributed by atoms with Crippen molar-refractivity contribution in [3.05, 3.63) is 42.1 Å². The van der Waals surface area contributed by atoms with E-state index in [0.717, 1.165) is 43.4 Å². The van der Waals surface area contributed by atoms with E-state index in [0.29, 0.717) is 6.54 Å². The maximum Gasteiger partial charge on any atom is 0.239 e. The Morgan fingerprint density at radius 3 is 2.52 bits per heavy atom.